The van der Waals surface area contributed by atoms with Crippen molar-refractivity contribution in [3.05, 3.63) is 35.4 Å². The number of benzene rings is 1. The molecule has 7 nitrogen and oxygen atoms in total. The zero-order valence-corrected chi connectivity index (χ0v) is 24.5. The quantitative estimate of drug-likeness (QED) is 0.262. The van der Waals surface area contributed by atoms with E-state index in [1.165, 1.54) is 12.8 Å². The van der Waals surface area contributed by atoms with Gasteiger partial charge in [-0.3, -0.25) is 9.59 Å². The van der Waals surface area contributed by atoms with Gasteiger partial charge in [-0.25, -0.2) is 4.79 Å². The van der Waals surface area contributed by atoms with Gasteiger partial charge in [0.05, 0.1) is 0 Å². The first kappa shape index (κ1) is 32.5. The number of rotatable bonds is 15. The summed E-state index contributed by atoms with van der Waals surface area (Å²) >= 11 is 0. The van der Waals surface area contributed by atoms with Crippen LogP contribution >= 0.6 is 0 Å². The van der Waals surface area contributed by atoms with Gasteiger partial charge >= 0.3 is 6.09 Å². The fourth-order valence-corrected chi connectivity index (χ4v) is 4.27. The molecule has 1 rings (SSSR count). The monoisotopic (exact) mass is 517 g/mol. The SMILES string of the molecule is CCCCCCCCN(C(=O)C(C)NC(=O)OC(C)(C)C)C(C(=O)NC(C)CCC)c1ccc(C)cc1. The summed E-state index contributed by atoms with van der Waals surface area (Å²) in [6, 6.07) is 6.11. The Balaban J connectivity index is 3.25. The molecule has 0 aliphatic rings. The Labute approximate surface area is 225 Å². The van der Waals surface area contributed by atoms with Crippen LogP contribution in [0, 0.1) is 6.92 Å². The smallest absolute Gasteiger partial charge is 0.408 e. The highest BCUT2D eigenvalue weighted by Gasteiger charge is 2.34. The molecular weight excluding hydrogens is 466 g/mol. The molecule has 0 saturated heterocycles. The molecular formula is C30H51N3O4. The van der Waals surface area contributed by atoms with Crippen LogP contribution < -0.4 is 10.6 Å². The maximum absolute atomic E-state index is 13.8. The number of hydrogen-bond acceptors (Lipinski definition) is 4. The van der Waals surface area contributed by atoms with Crippen LogP contribution in [-0.2, 0) is 14.3 Å². The van der Waals surface area contributed by atoms with Crippen LogP contribution in [0.25, 0.3) is 0 Å². The van der Waals surface area contributed by atoms with E-state index >= 15 is 0 Å². The van der Waals surface area contributed by atoms with Crippen molar-refractivity contribution in [3.63, 3.8) is 0 Å². The molecule has 3 amide bonds. The number of ether oxygens (including phenoxy) is 1. The molecule has 2 N–H and O–H groups in total. The van der Waals surface area contributed by atoms with E-state index < -0.39 is 23.8 Å². The third-order valence-electron chi connectivity index (χ3n) is 6.20. The number of unbranched alkanes of at least 4 members (excludes halogenated alkanes) is 5. The maximum Gasteiger partial charge on any atom is 0.408 e. The van der Waals surface area contributed by atoms with Crippen molar-refractivity contribution in [2.45, 2.75) is 130 Å². The minimum Gasteiger partial charge on any atom is -0.444 e. The lowest BCUT2D eigenvalue weighted by Gasteiger charge is -2.34. The van der Waals surface area contributed by atoms with E-state index in [1.807, 2.05) is 38.1 Å². The van der Waals surface area contributed by atoms with Gasteiger partial charge in [0.15, 0.2) is 0 Å². The Hall–Kier alpha value is -2.57. The van der Waals surface area contributed by atoms with Crippen LogP contribution in [0.2, 0.25) is 0 Å². The van der Waals surface area contributed by atoms with Gasteiger partial charge in [0.2, 0.25) is 11.8 Å². The summed E-state index contributed by atoms with van der Waals surface area (Å²) < 4.78 is 5.36. The number of carbonyl (C=O) groups is 3. The van der Waals surface area contributed by atoms with Crippen LogP contribution in [0.4, 0.5) is 4.79 Å². The second-order valence-electron chi connectivity index (χ2n) is 11.2. The summed E-state index contributed by atoms with van der Waals surface area (Å²) in [6.07, 6.45) is 7.55. The predicted molar refractivity (Wildman–Crippen MR) is 150 cm³/mol. The molecule has 3 atom stereocenters. The number of amides is 3. The molecule has 0 bridgehead atoms. The Morgan fingerprint density at radius 3 is 2.05 bits per heavy atom. The lowest BCUT2D eigenvalue weighted by Crippen LogP contribution is -2.52. The number of aryl methyl sites for hydroxylation is 1. The van der Waals surface area contributed by atoms with Gasteiger partial charge in [-0.05, 0) is 59.9 Å². The highest BCUT2D eigenvalue weighted by molar-refractivity contribution is 5.92. The lowest BCUT2D eigenvalue weighted by atomic mass is 10.00. The van der Waals surface area contributed by atoms with Crippen molar-refractivity contribution < 1.29 is 19.1 Å². The average molecular weight is 518 g/mol. The Morgan fingerprint density at radius 1 is 0.892 bits per heavy atom. The Bertz CT molecular complexity index is 832. The number of carbonyl (C=O) groups excluding carboxylic acids is 3. The molecule has 0 radical (unpaired) electrons. The summed E-state index contributed by atoms with van der Waals surface area (Å²) in [5, 5.41) is 5.78. The number of nitrogens with one attached hydrogen (secondary N) is 2. The van der Waals surface area contributed by atoms with Crippen LogP contribution in [0.5, 0.6) is 0 Å². The fourth-order valence-electron chi connectivity index (χ4n) is 4.27. The fraction of sp³-hybridized carbons (Fsp3) is 0.700. The zero-order chi connectivity index (χ0) is 28.0. The normalized spacial score (nSPS) is 13.8. The van der Waals surface area contributed by atoms with Crippen molar-refractivity contribution in [2.75, 3.05) is 6.54 Å². The van der Waals surface area contributed by atoms with E-state index in [0.29, 0.717) is 6.54 Å². The number of hydrogen-bond donors (Lipinski definition) is 2. The topological polar surface area (TPSA) is 87.7 Å². The lowest BCUT2D eigenvalue weighted by molar-refractivity contribution is -0.142. The molecule has 1 aromatic carbocycles. The van der Waals surface area contributed by atoms with Crippen molar-refractivity contribution in [1.82, 2.24) is 15.5 Å². The van der Waals surface area contributed by atoms with Gasteiger partial charge in [-0.15, -0.1) is 0 Å². The molecule has 0 heterocycles. The van der Waals surface area contributed by atoms with Crippen molar-refractivity contribution in [1.29, 1.82) is 0 Å². The minimum absolute atomic E-state index is 0.00578. The largest absolute Gasteiger partial charge is 0.444 e. The van der Waals surface area contributed by atoms with Gasteiger partial charge < -0.3 is 20.3 Å². The Kier molecular flexibility index (Phi) is 14.3. The van der Waals surface area contributed by atoms with Crippen LogP contribution in [0.3, 0.4) is 0 Å². The first-order chi connectivity index (χ1) is 17.4. The van der Waals surface area contributed by atoms with Gasteiger partial charge in [-0.1, -0.05) is 82.2 Å². The summed E-state index contributed by atoms with van der Waals surface area (Å²) in [6.45, 7) is 15.7. The van der Waals surface area contributed by atoms with Crippen molar-refractivity contribution in [3.8, 4) is 0 Å². The molecule has 0 aliphatic heterocycles. The Morgan fingerprint density at radius 2 is 1.49 bits per heavy atom. The highest BCUT2D eigenvalue weighted by Crippen LogP contribution is 2.25. The molecule has 0 aliphatic carbocycles. The maximum atomic E-state index is 13.8. The summed E-state index contributed by atoms with van der Waals surface area (Å²) in [5.74, 6) is -0.503. The second-order valence-corrected chi connectivity index (χ2v) is 11.2. The molecule has 0 fully saturated rings. The van der Waals surface area contributed by atoms with Crippen molar-refractivity contribution >= 4 is 17.9 Å². The molecule has 37 heavy (non-hydrogen) atoms. The van der Waals surface area contributed by atoms with Crippen LogP contribution in [-0.4, -0.2) is 47.0 Å². The standard InChI is InChI=1S/C30H51N3O4/c1-9-11-12-13-14-15-21-33(28(35)24(5)32-29(36)37-30(6,7)8)26(25-19-17-22(3)18-20-25)27(34)31-23(4)16-10-2/h17-20,23-24,26H,9-16,21H2,1-8H3,(H,31,34)(H,32,36). The number of alkyl carbamates (subject to hydrolysis) is 1. The van der Waals surface area contributed by atoms with Crippen LogP contribution in [0.15, 0.2) is 24.3 Å². The van der Waals surface area contributed by atoms with E-state index in [1.54, 1.807) is 32.6 Å². The second kappa shape index (κ2) is 16.3. The first-order valence-corrected chi connectivity index (χ1v) is 14.1. The number of nitrogens with zero attached hydrogens (tertiary/aromatic N) is 1. The zero-order valence-electron chi connectivity index (χ0n) is 24.5. The van der Waals surface area contributed by atoms with Gasteiger partial charge in [0.1, 0.15) is 17.7 Å². The van der Waals surface area contributed by atoms with E-state index in [-0.39, 0.29) is 17.9 Å². The molecule has 0 saturated carbocycles. The average Bonchev–Trinajstić information content (AvgIpc) is 2.79. The predicted octanol–water partition coefficient (Wildman–Crippen LogP) is 6.44. The van der Waals surface area contributed by atoms with E-state index in [0.717, 1.165) is 49.7 Å². The molecule has 1 aromatic rings. The molecule has 0 spiro atoms. The summed E-state index contributed by atoms with van der Waals surface area (Å²) in [5.41, 5.74) is 1.16. The van der Waals surface area contributed by atoms with E-state index in [4.69, 9.17) is 4.74 Å². The van der Waals surface area contributed by atoms with Crippen LogP contribution in [0.1, 0.15) is 117 Å². The molecule has 7 heteroatoms. The third kappa shape index (κ3) is 12.5. The molecule has 0 aromatic heterocycles. The molecule has 210 valence electrons. The van der Waals surface area contributed by atoms with E-state index in [9.17, 15) is 14.4 Å². The van der Waals surface area contributed by atoms with Gasteiger partial charge in [0.25, 0.3) is 0 Å². The highest BCUT2D eigenvalue weighted by atomic mass is 16.6. The summed E-state index contributed by atoms with van der Waals surface area (Å²) in [4.78, 5) is 41.5. The van der Waals surface area contributed by atoms with E-state index in [2.05, 4.69) is 24.5 Å². The van der Waals surface area contributed by atoms with Gasteiger partial charge in [-0.2, -0.15) is 0 Å². The minimum atomic E-state index is -0.844. The molecule has 3 unspecified atom stereocenters. The van der Waals surface area contributed by atoms with Crippen molar-refractivity contribution in [2.24, 2.45) is 0 Å². The first-order valence-electron chi connectivity index (χ1n) is 14.1. The van der Waals surface area contributed by atoms with Gasteiger partial charge in [0, 0.05) is 12.6 Å². The third-order valence-corrected chi connectivity index (χ3v) is 6.20. The summed E-state index contributed by atoms with van der Waals surface area (Å²) in [7, 11) is 0.